The van der Waals surface area contributed by atoms with Gasteiger partial charge < -0.3 is 5.73 Å². The fourth-order valence-corrected chi connectivity index (χ4v) is 3.07. The van der Waals surface area contributed by atoms with E-state index in [4.69, 9.17) is 17.3 Å². The van der Waals surface area contributed by atoms with Gasteiger partial charge in [0.15, 0.2) is 0 Å². The lowest BCUT2D eigenvalue weighted by Crippen LogP contribution is -2.14. The number of amides is 1. The van der Waals surface area contributed by atoms with E-state index in [9.17, 15) is 4.79 Å². The Morgan fingerprint density at radius 3 is 2.42 bits per heavy atom. The van der Waals surface area contributed by atoms with Gasteiger partial charge >= 0.3 is 0 Å². The highest BCUT2D eigenvalue weighted by Gasteiger charge is 2.15. The Morgan fingerprint density at radius 1 is 1.11 bits per heavy atom. The van der Waals surface area contributed by atoms with Gasteiger partial charge in [-0.15, -0.1) is 11.8 Å². The Balaban J connectivity index is 2.31. The first-order chi connectivity index (χ1) is 9.16. The Labute approximate surface area is 122 Å². The summed E-state index contributed by atoms with van der Waals surface area (Å²) in [7, 11) is 0. The Bertz CT molecular complexity index is 559. The van der Waals surface area contributed by atoms with Gasteiger partial charge in [0.1, 0.15) is 0 Å². The summed E-state index contributed by atoms with van der Waals surface area (Å²) in [5.74, 6) is -0.0283. The zero-order chi connectivity index (χ0) is 13.7. The van der Waals surface area contributed by atoms with Crippen LogP contribution in [-0.4, -0.2) is 11.7 Å². The number of thioether (sulfide) groups is 1. The van der Waals surface area contributed by atoms with Crippen LogP contribution in [0.15, 0.2) is 54.6 Å². The molecular formula is C15H14ClNOS. The summed E-state index contributed by atoms with van der Waals surface area (Å²) in [5, 5.41) is 0.755. The molecule has 2 N–H and O–H groups in total. The molecule has 0 saturated carbocycles. The van der Waals surface area contributed by atoms with Crippen LogP contribution < -0.4 is 5.73 Å². The van der Waals surface area contributed by atoms with Gasteiger partial charge in [-0.25, -0.2) is 0 Å². The van der Waals surface area contributed by atoms with Crippen molar-refractivity contribution in [2.45, 2.75) is 5.25 Å². The van der Waals surface area contributed by atoms with Crippen LogP contribution in [0.25, 0.3) is 0 Å². The van der Waals surface area contributed by atoms with Crippen molar-refractivity contribution in [1.29, 1.82) is 0 Å². The molecule has 4 heteroatoms. The van der Waals surface area contributed by atoms with Gasteiger partial charge in [0.05, 0.1) is 11.0 Å². The smallest absolute Gasteiger partial charge is 0.227 e. The molecule has 2 aromatic rings. The van der Waals surface area contributed by atoms with Crippen molar-refractivity contribution in [3.8, 4) is 0 Å². The van der Waals surface area contributed by atoms with Crippen LogP contribution in [0.2, 0.25) is 5.02 Å². The number of hydrogen-bond acceptors (Lipinski definition) is 2. The molecule has 19 heavy (non-hydrogen) atoms. The van der Waals surface area contributed by atoms with Gasteiger partial charge in [-0.3, -0.25) is 4.79 Å². The molecule has 0 aromatic heterocycles. The molecule has 1 amide bonds. The minimum Gasteiger partial charge on any atom is -0.369 e. The normalized spacial score (nSPS) is 12.1. The van der Waals surface area contributed by atoms with E-state index in [1.165, 1.54) is 11.8 Å². The molecule has 1 unspecified atom stereocenters. The van der Waals surface area contributed by atoms with Crippen LogP contribution in [0.5, 0.6) is 0 Å². The van der Waals surface area contributed by atoms with E-state index in [2.05, 4.69) is 0 Å². The topological polar surface area (TPSA) is 43.1 Å². The molecule has 0 saturated heterocycles. The fourth-order valence-electron chi connectivity index (χ4n) is 1.85. The molecule has 0 fully saturated rings. The molecule has 2 rings (SSSR count). The summed E-state index contributed by atoms with van der Waals surface area (Å²) in [5.41, 5.74) is 7.45. The lowest BCUT2D eigenvalue weighted by molar-refractivity contribution is -0.115. The lowest BCUT2D eigenvalue weighted by Gasteiger charge is -2.17. The highest BCUT2D eigenvalue weighted by atomic mass is 35.5. The number of benzene rings is 2. The average Bonchev–Trinajstić information content (AvgIpc) is 2.40. The third-order valence-electron chi connectivity index (χ3n) is 2.65. The minimum absolute atomic E-state index is 0.0624. The summed E-state index contributed by atoms with van der Waals surface area (Å²) in [6.07, 6.45) is 0. The number of carbonyl (C=O) groups is 1. The largest absolute Gasteiger partial charge is 0.369 e. The lowest BCUT2D eigenvalue weighted by atomic mass is 10.0. The average molecular weight is 292 g/mol. The first-order valence-electron chi connectivity index (χ1n) is 5.87. The van der Waals surface area contributed by atoms with Crippen LogP contribution in [0.1, 0.15) is 16.4 Å². The van der Waals surface area contributed by atoms with Gasteiger partial charge in [0, 0.05) is 5.02 Å². The summed E-state index contributed by atoms with van der Waals surface area (Å²) in [6, 6.07) is 17.7. The molecule has 0 heterocycles. The van der Waals surface area contributed by atoms with Crippen molar-refractivity contribution in [2.75, 3.05) is 5.75 Å². The second-order valence-corrected chi connectivity index (χ2v) is 5.65. The zero-order valence-corrected chi connectivity index (χ0v) is 11.8. The number of rotatable bonds is 5. The second-order valence-electron chi connectivity index (χ2n) is 4.12. The van der Waals surface area contributed by atoms with E-state index < -0.39 is 0 Å². The monoisotopic (exact) mass is 291 g/mol. The fraction of sp³-hybridized carbons (Fsp3) is 0.133. The maximum atomic E-state index is 11.0. The zero-order valence-electron chi connectivity index (χ0n) is 10.3. The SMILES string of the molecule is NC(=O)CSC(c1ccccc1)c1cccc(Cl)c1. The van der Waals surface area contributed by atoms with E-state index in [0.29, 0.717) is 5.02 Å². The Kier molecular flexibility index (Phi) is 4.88. The van der Waals surface area contributed by atoms with Crippen molar-refractivity contribution < 1.29 is 4.79 Å². The molecule has 0 aliphatic carbocycles. The Hall–Kier alpha value is -1.45. The van der Waals surface area contributed by atoms with Crippen LogP contribution in [-0.2, 0) is 4.79 Å². The van der Waals surface area contributed by atoms with Gasteiger partial charge in [-0.2, -0.15) is 0 Å². The van der Waals surface area contributed by atoms with Gasteiger partial charge in [0.2, 0.25) is 5.91 Å². The quantitative estimate of drug-likeness (QED) is 0.914. The molecular weight excluding hydrogens is 278 g/mol. The predicted molar refractivity (Wildman–Crippen MR) is 81.4 cm³/mol. The number of primary amides is 1. The molecule has 2 nitrogen and oxygen atoms in total. The van der Waals surface area contributed by atoms with Crippen LogP contribution in [0, 0.1) is 0 Å². The number of carbonyl (C=O) groups excluding carboxylic acids is 1. The summed E-state index contributed by atoms with van der Waals surface area (Å²) in [6.45, 7) is 0. The summed E-state index contributed by atoms with van der Waals surface area (Å²) in [4.78, 5) is 11.0. The van der Waals surface area contributed by atoms with Gasteiger partial charge in [-0.1, -0.05) is 54.1 Å². The molecule has 1 atom stereocenters. The highest BCUT2D eigenvalue weighted by Crippen LogP contribution is 2.36. The first-order valence-corrected chi connectivity index (χ1v) is 7.30. The van der Waals surface area contributed by atoms with E-state index in [-0.39, 0.29) is 16.9 Å². The standard InChI is InChI=1S/C15H14ClNOS/c16-13-8-4-7-12(9-13)15(19-10-14(17)18)11-5-2-1-3-6-11/h1-9,15H,10H2,(H2,17,18). The first kappa shape index (κ1) is 14.0. The molecule has 0 bridgehead atoms. The highest BCUT2D eigenvalue weighted by molar-refractivity contribution is 8.00. The number of nitrogens with two attached hydrogens (primary N) is 1. The van der Waals surface area contributed by atoms with Gasteiger partial charge in [-0.05, 0) is 23.3 Å². The molecule has 2 aromatic carbocycles. The maximum absolute atomic E-state index is 11.0. The Morgan fingerprint density at radius 2 is 1.79 bits per heavy atom. The number of halogens is 1. The van der Waals surface area contributed by atoms with E-state index >= 15 is 0 Å². The second kappa shape index (κ2) is 6.64. The van der Waals surface area contributed by atoms with Crippen molar-refractivity contribution in [2.24, 2.45) is 5.73 Å². The molecule has 98 valence electrons. The van der Waals surface area contributed by atoms with Crippen molar-refractivity contribution in [3.63, 3.8) is 0 Å². The summed E-state index contributed by atoms with van der Waals surface area (Å²) < 4.78 is 0. The van der Waals surface area contributed by atoms with E-state index in [1.54, 1.807) is 0 Å². The van der Waals surface area contributed by atoms with Crippen molar-refractivity contribution >= 4 is 29.3 Å². The van der Waals surface area contributed by atoms with Crippen LogP contribution in [0.4, 0.5) is 0 Å². The van der Waals surface area contributed by atoms with Crippen LogP contribution in [0.3, 0.4) is 0 Å². The molecule has 0 radical (unpaired) electrons. The van der Waals surface area contributed by atoms with Crippen molar-refractivity contribution in [3.05, 3.63) is 70.7 Å². The minimum atomic E-state index is -0.312. The molecule has 0 aliphatic heterocycles. The van der Waals surface area contributed by atoms with E-state index in [0.717, 1.165) is 11.1 Å². The van der Waals surface area contributed by atoms with Crippen LogP contribution >= 0.6 is 23.4 Å². The third-order valence-corrected chi connectivity index (χ3v) is 4.21. The maximum Gasteiger partial charge on any atom is 0.227 e. The van der Waals surface area contributed by atoms with Gasteiger partial charge in [0.25, 0.3) is 0 Å². The predicted octanol–water partition coefficient (Wildman–Crippen LogP) is 3.65. The molecule has 0 spiro atoms. The molecule has 0 aliphatic rings. The van der Waals surface area contributed by atoms with Crippen molar-refractivity contribution in [1.82, 2.24) is 0 Å². The number of hydrogen-bond donors (Lipinski definition) is 1. The third kappa shape index (κ3) is 4.01. The van der Waals surface area contributed by atoms with E-state index in [1.807, 2.05) is 54.6 Å². The summed E-state index contributed by atoms with van der Waals surface area (Å²) >= 11 is 7.55.